The molecule has 2 aromatic carbocycles. The van der Waals surface area contributed by atoms with Crippen molar-refractivity contribution in [3.63, 3.8) is 0 Å². The summed E-state index contributed by atoms with van der Waals surface area (Å²) in [4.78, 5) is 12.5. The van der Waals surface area contributed by atoms with Gasteiger partial charge in [0.05, 0.1) is 41.7 Å². The predicted molar refractivity (Wildman–Crippen MR) is 97.6 cm³/mol. The molecule has 0 bridgehead atoms. The molecule has 0 heterocycles. The van der Waals surface area contributed by atoms with Gasteiger partial charge >= 0.3 is 6.16 Å². The van der Waals surface area contributed by atoms with E-state index in [9.17, 15) is 15.0 Å². The largest absolute Gasteiger partial charge is 0.519 e. The summed E-state index contributed by atoms with van der Waals surface area (Å²) in [7, 11) is 5.58. The third-order valence-electron chi connectivity index (χ3n) is 3.87. The number of aliphatic hydroxyl groups is 2. The summed E-state index contributed by atoms with van der Waals surface area (Å²) in [5.41, 5.74) is 0.573. The molecular formula is C19H22O9. The summed E-state index contributed by atoms with van der Waals surface area (Å²) in [6, 6.07) is 6.18. The molecule has 0 amide bonds. The third kappa shape index (κ3) is 4.21. The number of benzene rings is 2. The summed E-state index contributed by atoms with van der Waals surface area (Å²) in [5.74, 6) is 0.732. The van der Waals surface area contributed by atoms with Crippen molar-refractivity contribution >= 4 is 6.16 Å². The maximum Gasteiger partial charge on any atom is 0.519 e. The molecule has 0 aliphatic heterocycles. The fraction of sp³-hybridized carbons (Fsp3) is 0.316. The lowest BCUT2D eigenvalue weighted by Crippen LogP contribution is -2.17. The zero-order chi connectivity index (χ0) is 20.7. The van der Waals surface area contributed by atoms with Gasteiger partial charge in [0.15, 0.2) is 23.0 Å². The van der Waals surface area contributed by atoms with Gasteiger partial charge in [0.1, 0.15) is 0 Å². The normalized spacial score (nSPS) is 10.2. The highest BCUT2D eigenvalue weighted by Crippen LogP contribution is 2.42. The van der Waals surface area contributed by atoms with Crippen LogP contribution < -0.4 is 28.4 Å². The number of carbonyl (C=O) groups excluding carboxylic acids is 1. The van der Waals surface area contributed by atoms with E-state index in [4.69, 9.17) is 28.4 Å². The smallest absolute Gasteiger partial charge is 0.493 e. The van der Waals surface area contributed by atoms with Crippen molar-refractivity contribution in [2.45, 2.75) is 13.2 Å². The average molecular weight is 394 g/mol. The number of hydrogen-bond donors (Lipinski definition) is 2. The Morgan fingerprint density at radius 3 is 1.36 bits per heavy atom. The Morgan fingerprint density at radius 1 is 0.679 bits per heavy atom. The van der Waals surface area contributed by atoms with Crippen LogP contribution in [0.2, 0.25) is 0 Å². The Hall–Kier alpha value is -3.17. The highest BCUT2D eigenvalue weighted by molar-refractivity contribution is 5.73. The van der Waals surface area contributed by atoms with Gasteiger partial charge in [0.25, 0.3) is 0 Å². The minimum Gasteiger partial charge on any atom is -0.493 e. The first-order chi connectivity index (χ1) is 13.5. The highest BCUT2D eigenvalue weighted by atomic mass is 16.7. The number of carbonyl (C=O) groups is 1. The molecule has 152 valence electrons. The van der Waals surface area contributed by atoms with Gasteiger partial charge in [-0.15, -0.1) is 0 Å². The maximum atomic E-state index is 12.5. The molecular weight excluding hydrogens is 372 g/mol. The van der Waals surface area contributed by atoms with Crippen LogP contribution in [-0.2, 0) is 13.2 Å². The fourth-order valence-corrected chi connectivity index (χ4v) is 2.54. The Labute approximate surface area is 161 Å². The van der Waals surface area contributed by atoms with Crippen molar-refractivity contribution in [2.75, 3.05) is 28.4 Å². The van der Waals surface area contributed by atoms with Crippen LogP contribution in [0.25, 0.3) is 0 Å². The molecule has 2 aromatic rings. The first-order valence-corrected chi connectivity index (χ1v) is 8.13. The molecule has 9 nitrogen and oxygen atoms in total. The van der Waals surface area contributed by atoms with Crippen molar-refractivity contribution in [1.29, 1.82) is 0 Å². The van der Waals surface area contributed by atoms with Gasteiger partial charge in [-0.2, -0.15) is 0 Å². The lowest BCUT2D eigenvalue weighted by molar-refractivity contribution is 0.144. The van der Waals surface area contributed by atoms with Gasteiger partial charge < -0.3 is 38.6 Å². The van der Waals surface area contributed by atoms with Crippen LogP contribution in [0.1, 0.15) is 11.1 Å². The van der Waals surface area contributed by atoms with E-state index < -0.39 is 19.4 Å². The number of rotatable bonds is 8. The van der Waals surface area contributed by atoms with Gasteiger partial charge in [-0.3, -0.25) is 0 Å². The van der Waals surface area contributed by atoms with Crippen molar-refractivity contribution in [3.8, 4) is 34.5 Å². The lowest BCUT2D eigenvalue weighted by atomic mass is 10.2. The fourth-order valence-electron chi connectivity index (χ4n) is 2.54. The molecule has 0 radical (unpaired) electrons. The topological polar surface area (TPSA) is 113 Å². The maximum absolute atomic E-state index is 12.5. The van der Waals surface area contributed by atoms with Gasteiger partial charge in [0.2, 0.25) is 11.5 Å². The molecule has 0 saturated heterocycles. The van der Waals surface area contributed by atoms with Crippen molar-refractivity contribution in [3.05, 3.63) is 35.4 Å². The molecule has 0 aromatic heterocycles. The van der Waals surface area contributed by atoms with E-state index in [2.05, 4.69) is 0 Å². The lowest BCUT2D eigenvalue weighted by Gasteiger charge is -2.17. The molecule has 0 aliphatic rings. The Bertz CT molecular complexity index is 765. The van der Waals surface area contributed by atoms with E-state index in [-0.39, 0.29) is 34.1 Å². The Kier molecular flexibility index (Phi) is 7.30. The van der Waals surface area contributed by atoms with Crippen LogP contribution in [0.3, 0.4) is 0 Å². The molecule has 9 heteroatoms. The standard InChI is InChI=1S/C19H22O9/c1-23-13-7-5-11(9-20)15(17(13)25-3)27-19(22)28-16-12(10-21)6-8-14(24-2)18(16)26-4/h5-8,20-21H,9-10H2,1-4H3. The van der Waals surface area contributed by atoms with Gasteiger partial charge in [-0.05, 0) is 24.3 Å². The third-order valence-corrected chi connectivity index (χ3v) is 3.87. The molecule has 0 saturated carbocycles. The Balaban J connectivity index is 2.41. The second kappa shape index (κ2) is 9.67. The van der Waals surface area contributed by atoms with Crippen LogP contribution in [0.5, 0.6) is 34.5 Å². The van der Waals surface area contributed by atoms with E-state index in [0.717, 1.165) is 0 Å². The van der Waals surface area contributed by atoms with E-state index >= 15 is 0 Å². The van der Waals surface area contributed by atoms with E-state index in [1.807, 2.05) is 0 Å². The summed E-state index contributed by atoms with van der Waals surface area (Å²) in [5, 5.41) is 19.1. The minimum atomic E-state index is -1.14. The van der Waals surface area contributed by atoms with Crippen LogP contribution in [0.15, 0.2) is 24.3 Å². The number of hydrogen-bond acceptors (Lipinski definition) is 9. The molecule has 28 heavy (non-hydrogen) atoms. The second-order valence-electron chi connectivity index (χ2n) is 5.35. The molecule has 2 rings (SSSR count). The summed E-state index contributed by atoms with van der Waals surface area (Å²) in [6.45, 7) is -0.819. The number of methoxy groups -OCH3 is 4. The van der Waals surface area contributed by atoms with Crippen LogP contribution >= 0.6 is 0 Å². The van der Waals surface area contributed by atoms with Gasteiger partial charge in [-0.1, -0.05) is 0 Å². The molecule has 0 spiro atoms. The minimum absolute atomic E-state index is 0.0539. The molecule has 0 fully saturated rings. The summed E-state index contributed by atoms with van der Waals surface area (Å²) in [6.07, 6.45) is -1.14. The molecule has 0 aliphatic carbocycles. The van der Waals surface area contributed by atoms with E-state index in [1.165, 1.54) is 40.6 Å². The monoisotopic (exact) mass is 394 g/mol. The van der Waals surface area contributed by atoms with Crippen LogP contribution in [0.4, 0.5) is 4.79 Å². The van der Waals surface area contributed by atoms with Crippen molar-refractivity contribution < 1.29 is 43.4 Å². The molecule has 2 N–H and O–H groups in total. The first-order valence-electron chi connectivity index (χ1n) is 8.13. The molecule has 0 atom stereocenters. The van der Waals surface area contributed by atoms with E-state index in [0.29, 0.717) is 11.5 Å². The highest BCUT2D eigenvalue weighted by Gasteiger charge is 2.24. The van der Waals surface area contributed by atoms with Crippen LogP contribution in [-0.4, -0.2) is 44.8 Å². The van der Waals surface area contributed by atoms with Crippen molar-refractivity contribution in [2.24, 2.45) is 0 Å². The zero-order valence-electron chi connectivity index (χ0n) is 16.0. The summed E-state index contributed by atoms with van der Waals surface area (Å²) < 4.78 is 31.4. The Morgan fingerprint density at radius 2 is 1.07 bits per heavy atom. The quantitative estimate of drug-likeness (QED) is 0.514. The van der Waals surface area contributed by atoms with Crippen molar-refractivity contribution in [1.82, 2.24) is 0 Å². The number of aliphatic hydroxyl groups excluding tert-OH is 2. The first kappa shape index (κ1) is 21.1. The second-order valence-corrected chi connectivity index (χ2v) is 5.35. The predicted octanol–water partition coefficient (Wildman–Crippen LogP) is 2.28. The SMILES string of the molecule is COc1ccc(CO)c(OC(=O)Oc2c(CO)ccc(OC)c2OC)c1OC. The number of ether oxygens (including phenoxy) is 6. The average Bonchev–Trinajstić information content (AvgIpc) is 2.72. The van der Waals surface area contributed by atoms with Gasteiger partial charge in [-0.25, -0.2) is 4.79 Å². The van der Waals surface area contributed by atoms with Crippen LogP contribution in [0, 0.1) is 0 Å². The summed E-state index contributed by atoms with van der Waals surface area (Å²) >= 11 is 0. The molecule has 0 unspecified atom stereocenters. The van der Waals surface area contributed by atoms with E-state index in [1.54, 1.807) is 12.1 Å². The zero-order valence-corrected chi connectivity index (χ0v) is 16.0. The van der Waals surface area contributed by atoms with Gasteiger partial charge in [0, 0.05) is 11.1 Å².